The molecule has 27 heavy (non-hydrogen) atoms. The number of aliphatic carboxylic acids is 1. The van der Waals surface area contributed by atoms with Crippen LogP contribution in [0, 0.1) is 0 Å². The molecule has 1 amide bonds. The molecular formula is C16H17F3N4O3S. The number of alkyl halides is 3. The molecule has 2 aromatic rings. The average Bonchev–Trinajstić information content (AvgIpc) is 3.15. The fraction of sp³-hybridized carbons (Fsp3) is 0.438. The topological polar surface area (TPSA) is 87.5 Å². The van der Waals surface area contributed by atoms with Crippen LogP contribution in [-0.4, -0.2) is 61.7 Å². The Morgan fingerprint density at radius 3 is 2.78 bits per heavy atom. The molecule has 11 heteroatoms. The molecule has 2 saturated heterocycles. The number of thioether (sulfide) groups is 1. The lowest BCUT2D eigenvalue weighted by atomic mass is 10.1. The van der Waals surface area contributed by atoms with Crippen LogP contribution in [0.3, 0.4) is 0 Å². The number of hydrogen-bond acceptors (Lipinski definition) is 5. The highest BCUT2D eigenvalue weighted by molar-refractivity contribution is 7.99. The number of aromatic nitrogens is 2. The highest BCUT2D eigenvalue weighted by atomic mass is 32.2. The van der Waals surface area contributed by atoms with Gasteiger partial charge in [-0.1, -0.05) is 6.07 Å². The second-order valence-electron chi connectivity index (χ2n) is 6.15. The number of imidazole rings is 1. The van der Waals surface area contributed by atoms with E-state index in [1.807, 2.05) is 29.7 Å². The lowest BCUT2D eigenvalue weighted by molar-refractivity contribution is -0.192. The summed E-state index contributed by atoms with van der Waals surface area (Å²) in [5, 5.41) is 10.2. The van der Waals surface area contributed by atoms with Crippen LogP contribution in [0.2, 0.25) is 0 Å². The van der Waals surface area contributed by atoms with Crippen LogP contribution in [0.15, 0.2) is 24.5 Å². The number of carbonyl (C=O) groups is 2. The van der Waals surface area contributed by atoms with Crippen molar-refractivity contribution in [3.05, 3.63) is 30.1 Å². The zero-order valence-corrected chi connectivity index (χ0v) is 15.0. The predicted octanol–water partition coefficient (Wildman–Crippen LogP) is 1.75. The Bertz CT molecular complexity index is 870. The quantitative estimate of drug-likeness (QED) is 0.756. The van der Waals surface area contributed by atoms with Gasteiger partial charge in [-0.25, -0.2) is 9.78 Å². The summed E-state index contributed by atoms with van der Waals surface area (Å²) in [5.41, 5.74) is 3.22. The molecule has 7 nitrogen and oxygen atoms in total. The molecular weight excluding hydrogens is 385 g/mol. The van der Waals surface area contributed by atoms with Crippen molar-refractivity contribution in [2.24, 2.45) is 7.05 Å². The molecule has 0 aliphatic carbocycles. The third-order valence-corrected chi connectivity index (χ3v) is 5.41. The van der Waals surface area contributed by atoms with Crippen LogP contribution in [0.4, 0.5) is 13.2 Å². The number of aryl methyl sites for hydroxylation is 1. The SMILES string of the molecule is Cn1cnc2cc(C3NC(=O)C4CSCCN43)ccc21.O=C(O)C(F)(F)F. The first kappa shape index (κ1) is 19.5. The van der Waals surface area contributed by atoms with Crippen LogP contribution in [0.25, 0.3) is 11.0 Å². The van der Waals surface area contributed by atoms with Gasteiger partial charge in [-0.05, 0) is 17.7 Å². The van der Waals surface area contributed by atoms with Gasteiger partial charge < -0.3 is 15.0 Å². The van der Waals surface area contributed by atoms with Gasteiger partial charge in [0.15, 0.2) is 0 Å². The van der Waals surface area contributed by atoms with Crippen LogP contribution >= 0.6 is 11.8 Å². The van der Waals surface area contributed by atoms with Crippen molar-refractivity contribution in [1.29, 1.82) is 0 Å². The van der Waals surface area contributed by atoms with E-state index in [2.05, 4.69) is 33.4 Å². The summed E-state index contributed by atoms with van der Waals surface area (Å²) in [6.45, 7) is 0.957. The van der Waals surface area contributed by atoms with E-state index in [4.69, 9.17) is 9.90 Å². The summed E-state index contributed by atoms with van der Waals surface area (Å²) in [4.78, 5) is 27.7. The van der Waals surface area contributed by atoms with Gasteiger partial charge in [0.1, 0.15) is 12.2 Å². The standard InChI is InChI=1S/C14H16N4OS.C2HF3O2/c1-17-8-15-10-6-9(2-3-11(10)17)13-16-14(19)12-7-20-5-4-18(12)13;3-2(4,5)1(6)7/h2-3,6,8,12-13H,4-5,7H2,1H3,(H,16,19);(H,6,7). The van der Waals surface area contributed by atoms with Crippen molar-refractivity contribution in [1.82, 2.24) is 19.8 Å². The number of carbonyl (C=O) groups excluding carboxylic acids is 1. The van der Waals surface area contributed by atoms with E-state index in [1.54, 1.807) is 0 Å². The predicted molar refractivity (Wildman–Crippen MR) is 93.1 cm³/mol. The highest BCUT2D eigenvalue weighted by Gasteiger charge is 2.42. The summed E-state index contributed by atoms with van der Waals surface area (Å²) in [7, 11) is 1.99. The van der Waals surface area contributed by atoms with E-state index in [0.29, 0.717) is 0 Å². The van der Waals surface area contributed by atoms with Gasteiger partial charge in [0, 0.05) is 25.1 Å². The normalized spacial score (nSPS) is 22.7. The van der Waals surface area contributed by atoms with Gasteiger partial charge in [0.25, 0.3) is 0 Å². The number of fused-ring (bicyclic) bond motifs is 2. The lowest BCUT2D eigenvalue weighted by Gasteiger charge is -2.31. The zero-order valence-electron chi connectivity index (χ0n) is 14.2. The fourth-order valence-corrected chi connectivity index (χ4v) is 4.14. The molecule has 2 unspecified atom stereocenters. The van der Waals surface area contributed by atoms with Crippen molar-refractivity contribution < 1.29 is 27.9 Å². The van der Waals surface area contributed by atoms with Gasteiger partial charge >= 0.3 is 12.1 Å². The number of hydrogen-bond donors (Lipinski definition) is 2. The molecule has 0 radical (unpaired) electrons. The van der Waals surface area contributed by atoms with E-state index in [0.717, 1.165) is 34.6 Å². The molecule has 0 spiro atoms. The van der Waals surface area contributed by atoms with E-state index in [1.165, 1.54) is 0 Å². The molecule has 0 bridgehead atoms. The third kappa shape index (κ3) is 4.03. The molecule has 2 aliphatic heterocycles. The molecule has 2 aliphatic rings. The number of benzene rings is 1. The largest absolute Gasteiger partial charge is 0.490 e. The second kappa shape index (κ2) is 7.39. The second-order valence-corrected chi connectivity index (χ2v) is 7.30. The fourth-order valence-electron chi connectivity index (χ4n) is 3.06. The molecule has 2 N–H and O–H groups in total. The first-order chi connectivity index (χ1) is 12.7. The summed E-state index contributed by atoms with van der Waals surface area (Å²) in [6, 6.07) is 6.29. The number of carboxylic acid groups (broad SMARTS) is 1. The van der Waals surface area contributed by atoms with Crippen molar-refractivity contribution in [2.75, 3.05) is 18.1 Å². The maximum absolute atomic E-state index is 12.1. The number of rotatable bonds is 1. The van der Waals surface area contributed by atoms with Gasteiger partial charge in [0.2, 0.25) is 5.91 Å². The lowest BCUT2D eigenvalue weighted by Crippen LogP contribution is -2.41. The summed E-state index contributed by atoms with van der Waals surface area (Å²) < 4.78 is 33.7. The molecule has 146 valence electrons. The van der Waals surface area contributed by atoms with Crippen molar-refractivity contribution in [2.45, 2.75) is 18.4 Å². The van der Waals surface area contributed by atoms with Gasteiger partial charge in [-0.3, -0.25) is 9.69 Å². The Morgan fingerprint density at radius 2 is 2.11 bits per heavy atom. The average molecular weight is 402 g/mol. The maximum atomic E-state index is 12.1. The van der Waals surface area contributed by atoms with E-state index < -0.39 is 12.1 Å². The molecule has 1 aromatic heterocycles. The molecule has 3 heterocycles. The van der Waals surface area contributed by atoms with Crippen LogP contribution < -0.4 is 5.32 Å². The van der Waals surface area contributed by atoms with Crippen molar-refractivity contribution in [3.8, 4) is 0 Å². The first-order valence-electron chi connectivity index (χ1n) is 8.03. The minimum atomic E-state index is -5.08. The summed E-state index contributed by atoms with van der Waals surface area (Å²) in [6.07, 6.45) is -3.26. The molecule has 2 atom stereocenters. The van der Waals surface area contributed by atoms with Gasteiger partial charge in [-0.2, -0.15) is 24.9 Å². The number of nitrogens with zero attached hydrogens (tertiary/aromatic N) is 3. The minimum Gasteiger partial charge on any atom is -0.475 e. The van der Waals surface area contributed by atoms with Crippen LogP contribution in [-0.2, 0) is 16.6 Å². The molecule has 1 aromatic carbocycles. The summed E-state index contributed by atoms with van der Waals surface area (Å²) in [5.74, 6) is -0.613. The summed E-state index contributed by atoms with van der Waals surface area (Å²) >= 11 is 1.86. The van der Waals surface area contributed by atoms with Crippen LogP contribution in [0.5, 0.6) is 0 Å². The smallest absolute Gasteiger partial charge is 0.475 e. The Balaban J connectivity index is 0.000000260. The number of nitrogens with one attached hydrogen (secondary N) is 1. The Hall–Kier alpha value is -2.27. The zero-order chi connectivity index (χ0) is 19.8. The number of amides is 1. The molecule has 0 saturated carbocycles. The Morgan fingerprint density at radius 1 is 1.41 bits per heavy atom. The Labute approximate surface area is 156 Å². The highest BCUT2D eigenvalue weighted by Crippen LogP contribution is 2.32. The van der Waals surface area contributed by atoms with Crippen LogP contribution in [0.1, 0.15) is 11.7 Å². The van der Waals surface area contributed by atoms with Gasteiger partial charge in [-0.15, -0.1) is 0 Å². The van der Waals surface area contributed by atoms with Crippen molar-refractivity contribution >= 4 is 34.7 Å². The monoisotopic (exact) mass is 402 g/mol. The molecule has 4 rings (SSSR count). The van der Waals surface area contributed by atoms with Gasteiger partial charge in [0.05, 0.1) is 17.4 Å². The maximum Gasteiger partial charge on any atom is 0.490 e. The molecule has 2 fully saturated rings. The minimum absolute atomic E-state index is 0.000180. The van der Waals surface area contributed by atoms with E-state index in [-0.39, 0.29) is 18.1 Å². The Kier molecular flexibility index (Phi) is 5.33. The third-order valence-electron chi connectivity index (χ3n) is 4.39. The van der Waals surface area contributed by atoms with E-state index in [9.17, 15) is 18.0 Å². The van der Waals surface area contributed by atoms with Crippen molar-refractivity contribution in [3.63, 3.8) is 0 Å². The first-order valence-corrected chi connectivity index (χ1v) is 9.19. The number of carboxylic acids is 1. The number of halogens is 3. The van der Waals surface area contributed by atoms with E-state index >= 15 is 0 Å².